The Bertz CT molecular complexity index is 2360. The number of carbonyl (C=O) groups excluding carboxylic acids is 7. The van der Waals surface area contributed by atoms with Crippen molar-refractivity contribution in [2.24, 2.45) is 0 Å². The molecule has 27 heteroatoms. The maximum absolute atomic E-state index is 14.4. The Morgan fingerprint density at radius 2 is 0.689 bits per heavy atom. The number of carboxylic acid groups (broad SMARTS) is 2. The Morgan fingerprint density at radius 3 is 0.951 bits per heavy atom. The summed E-state index contributed by atoms with van der Waals surface area (Å²) in [6.07, 6.45) is 0. The third-order valence-corrected chi connectivity index (χ3v) is 18.0. The lowest BCUT2D eigenvalue weighted by atomic mass is 10.1. The molecule has 18 nitrogen and oxygen atoms in total. The van der Waals surface area contributed by atoms with Crippen molar-refractivity contribution in [3.05, 3.63) is 54.4 Å². The topological polar surface area (TPSA) is 243 Å². The van der Waals surface area contributed by atoms with Crippen LogP contribution in [-0.4, -0.2) is 102 Å². The Morgan fingerprint density at radius 1 is 0.410 bits per heavy atom. The summed E-state index contributed by atoms with van der Waals surface area (Å²) >= 11 is 16.2. The Labute approximate surface area is 469 Å². The van der Waals surface area contributed by atoms with Crippen LogP contribution >= 0.6 is 203 Å². The second-order valence-corrected chi connectivity index (χ2v) is 21.9. The fourth-order valence-corrected chi connectivity index (χ4v) is 18.6. The van der Waals surface area contributed by atoms with Gasteiger partial charge in [-0.15, -0.1) is 0 Å². The van der Waals surface area contributed by atoms with Gasteiger partial charge in [-0.2, -0.15) is 0 Å². The normalized spacial score (nSPS) is 10.7. The highest BCUT2D eigenvalue weighted by molar-refractivity contribution is 14.1. The molecule has 0 saturated heterocycles. The second kappa shape index (κ2) is 22.3. The van der Waals surface area contributed by atoms with E-state index in [9.17, 15) is 53.4 Å². The largest absolute Gasteiger partial charge is 0.478 e. The summed E-state index contributed by atoms with van der Waals surface area (Å²) in [5.74, 6) is -5.98. The molecule has 5 N–H and O–H groups in total. The summed E-state index contributed by atoms with van der Waals surface area (Å²) in [5.41, 5.74) is -0.325. The molecule has 3 rings (SSSR count). The van der Waals surface area contributed by atoms with Gasteiger partial charge in [0.25, 0.3) is 11.8 Å². The third-order valence-electron chi connectivity index (χ3n) is 8.36. The van der Waals surface area contributed by atoms with E-state index >= 15 is 0 Å². The number of hydrogen-bond donors (Lipinski definition) is 5. The first-order chi connectivity index (χ1) is 28.0. The molecule has 0 atom stereocenters. The molecule has 0 spiro atoms. The number of rotatable bonds is 9. The van der Waals surface area contributed by atoms with Crippen LogP contribution in [0.25, 0.3) is 0 Å². The van der Waals surface area contributed by atoms with Gasteiger partial charge in [0.1, 0.15) is 0 Å². The van der Waals surface area contributed by atoms with Crippen molar-refractivity contribution in [3.63, 3.8) is 0 Å². The minimum Gasteiger partial charge on any atom is -0.478 e. The monoisotopic (exact) mass is 1850 g/mol. The molecular weight excluding hydrogens is 1820 g/mol. The van der Waals surface area contributed by atoms with Gasteiger partial charge in [-0.1, -0.05) is 0 Å². The lowest BCUT2D eigenvalue weighted by molar-refractivity contribution is -0.117. The van der Waals surface area contributed by atoms with Gasteiger partial charge < -0.3 is 36.0 Å². The Balaban J connectivity index is 2.20. The highest BCUT2D eigenvalue weighted by atomic mass is 127. The standard InChI is InChI=1S/C34H26I9N7O11/c1-8(51)44-24-16(36)11(29(54)49(6)33(60)45-25-18(38)13(31(56)57)20(40)27(22(25)42)47(4)9(2)52)15(35)12(17(24)37)30(55)50(7)34(61)46-26-19(39)14(32(58)59)21(41)28(23(26)43)48(5)10(3)53/h1-7H3,(H,44,51)(H,45,60)(H,46,61)(H,56,57)(H,58,59). The van der Waals surface area contributed by atoms with E-state index in [2.05, 4.69) is 16.0 Å². The van der Waals surface area contributed by atoms with Crippen molar-refractivity contribution < 1.29 is 53.4 Å². The number of nitrogens with one attached hydrogen (secondary N) is 3. The van der Waals surface area contributed by atoms with Crippen LogP contribution < -0.4 is 25.8 Å². The summed E-state index contributed by atoms with van der Waals surface area (Å²) in [7, 11) is 5.17. The van der Waals surface area contributed by atoms with Crippen LogP contribution in [0.15, 0.2) is 0 Å². The van der Waals surface area contributed by atoms with Crippen LogP contribution in [0.1, 0.15) is 62.2 Å². The average Bonchev–Trinajstić information content (AvgIpc) is 3.15. The number of benzene rings is 3. The van der Waals surface area contributed by atoms with E-state index in [-0.39, 0.29) is 75.7 Å². The van der Waals surface area contributed by atoms with Crippen molar-refractivity contribution in [1.29, 1.82) is 0 Å². The minimum absolute atomic E-state index is 0.00851. The number of urea groups is 2. The maximum atomic E-state index is 14.4. The molecular formula is C34H26I9N7O11. The van der Waals surface area contributed by atoms with E-state index in [1.54, 1.807) is 113 Å². The number of aromatic carboxylic acids is 2. The van der Waals surface area contributed by atoms with Gasteiger partial charge in [0.05, 0.1) is 79.3 Å². The van der Waals surface area contributed by atoms with E-state index in [1.807, 2.05) is 90.4 Å². The number of imide groups is 2. The number of hydrogen-bond acceptors (Lipinski definition) is 9. The lowest BCUT2D eigenvalue weighted by Gasteiger charge is -2.26. The van der Waals surface area contributed by atoms with Crippen LogP contribution in [-0.2, 0) is 14.4 Å². The molecule has 0 unspecified atom stereocenters. The molecule has 326 valence electrons. The highest BCUT2D eigenvalue weighted by Crippen LogP contribution is 2.43. The van der Waals surface area contributed by atoms with Gasteiger partial charge in [-0.3, -0.25) is 33.8 Å². The molecule has 0 bridgehead atoms. The summed E-state index contributed by atoms with van der Waals surface area (Å²) in [6, 6.07) is -2.05. The molecule has 61 heavy (non-hydrogen) atoms. The Hall–Kier alpha value is -0.540. The smallest absolute Gasteiger partial charge is 0.338 e. The molecule has 0 aromatic heterocycles. The van der Waals surface area contributed by atoms with Crippen molar-refractivity contribution in [2.45, 2.75) is 20.8 Å². The molecule has 0 aliphatic carbocycles. The van der Waals surface area contributed by atoms with E-state index in [1.165, 1.54) is 44.7 Å². The molecule has 0 aliphatic rings. The summed E-state index contributed by atoms with van der Waals surface area (Å²) < 4.78 is 1.58. The predicted molar refractivity (Wildman–Crippen MR) is 302 cm³/mol. The van der Waals surface area contributed by atoms with Crippen LogP contribution in [0.4, 0.5) is 38.0 Å². The van der Waals surface area contributed by atoms with Gasteiger partial charge >= 0.3 is 24.0 Å². The second-order valence-electron chi connectivity index (χ2n) is 12.2. The Kier molecular flexibility index (Phi) is 20.0. The van der Waals surface area contributed by atoms with Crippen molar-refractivity contribution >= 4 is 285 Å². The summed E-state index contributed by atoms with van der Waals surface area (Å²) in [6.45, 7) is 3.77. The molecule has 9 amide bonds. The van der Waals surface area contributed by atoms with Crippen LogP contribution in [0, 0.1) is 32.1 Å². The van der Waals surface area contributed by atoms with Gasteiger partial charge in [0.2, 0.25) is 17.7 Å². The van der Waals surface area contributed by atoms with E-state index in [4.69, 9.17) is 0 Å². The number of nitrogens with zero attached hydrogens (tertiary/aromatic N) is 4. The fourth-order valence-electron chi connectivity index (χ4n) is 5.03. The van der Waals surface area contributed by atoms with Crippen molar-refractivity contribution in [2.75, 3.05) is 53.9 Å². The summed E-state index contributed by atoms with van der Waals surface area (Å²) in [5, 5.41) is 28.0. The van der Waals surface area contributed by atoms with Gasteiger partial charge in [0, 0.05) is 52.5 Å². The zero-order valence-corrected chi connectivity index (χ0v) is 51.2. The first kappa shape index (κ1) is 54.8. The van der Waals surface area contributed by atoms with E-state index < -0.39 is 53.5 Å². The molecule has 3 aromatic rings. The third kappa shape index (κ3) is 11.4. The molecule has 0 saturated carbocycles. The van der Waals surface area contributed by atoms with Crippen LogP contribution in [0.3, 0.4) is 0 Å². The SMILES string of the molecule is CC(=O)Nc1c(I)c(C(=O)N(C)C(=O)Nc2c(I)c(C(=O)O)c(I)c(N(C)C(C)=O)c2I)c(I)c(C(=O)N(C)C(=O)Nc2c(I)c(C(=O)O)c(I)c(N(C)C(C)=O)c2I)c1I. The first-order valence-corrected chi connectivity index (χ1v) is 25.8. The first-order valence-electron chi connectivity index (χ1n) is 16.1. The quantitative estimate of drug-likeness (QED) is 0.127. The van der Waals surface area contributed by atoms with Crippen LogP contribution in [0.2, 0.25) is 0 Å². The maximum Gasteiger partial charge on any atom is 0.338 e. The molecule has 3 aromatic carbocycles. The number of carboxylic acids is 2. The molecule has 0 fully saturated rings. The molecule has 0 heterocycles. The lowest BCUT2D eigenvalue weighted by Crippen LogP contribution is -2.40. The number of carbonyl (C=O) groups is 9. The zero-order chi connectivity index (χ0) is 47.0. The molecule has 0 radical (unpaired) electrons. The summed E-state index contributed by atoms with van der Waals surface area (Å²) in [4.78, 5) is 122. The average molecular weight is 1850 g/mol. The predicted octanol–water partition coefficient (Wildman–Crippen LogP) is 9.06. The van der Waals surface area contributed by atoms with Gasteiger partial charge in [-0.05, 0) is 203 Å². The number of halogens is 9. The van der Waals surface area contributed by atoms with Gasteiger partial charge in [0.15, 0.2) is 0 Å². The number of amides is 9. The minimum atomic E-state index is -1.33. The zero-order valence-electron chi connectivity index (χ0n) is 31.8. The fraction of sp³-hybridized carbons (Fsp3) is 0.206. The van der Waals surface area contributed by atoms with E-state index in [0.717, 1.165) is 14.1 Å². The number of anilines is 5. The van der Waals surface area contributed by atoms with Crippen molar-refractivity contribution in [3.8, 4) is 0 Å². The van der Waals surface area contributed by atoms with Crippen molar-refractivity contribution in [1.82, 2.24) is 9.80 Å². The highest BCUT2D eigenvalue weighted by Gasteiger charge is 2.36. The van der Waals surface area contributed by atoms with Crippen LogP contribution in [0.5, 0.6) is 0 Å². The van der Waals surface area contributed by atoms with Gasteiger partial charge in [-0.25, -0.2) is 19.2 Å². The molecule has 0 aliphatic heterocycles. The van der Waals surface area contributed by atoms with E-state index in [0.29, 0.717) is 16.9 Å².